The molecule has 0 aromatic carbocycles. The second-order valence-corrected chi connectivity index (χ2v) is 4.91. The number of aromatic nitrogens is 2. The Balaban J connectivity index is 2.29. The highest BCUT2D eigenvalue weighted by molar-refractivity contribution is 6.32. The van der Waals surface area contributed by atoms with Gasteiger partial charge in [-0.25, -0.2) is 4.68 Å². The van der Waals surface area contributed by atoms with E-state index in [9.17, 15) is 4.79 Å². The molecule has 0 spiro atoms. The summed E-state index contributed by atoms with van der Waals surface area (Å²) in [5.41, 5.74) is 1.24. The lowest BCUT2D eigenvalue weighted by Crippen LogP contribution is -2.21. The Morgan fingerprint density at radius 1 is 1.47 bits per heavy atom. The SMILES string of the molecule is Cc1cc(C(C)Nc2cnn(C)c(=O)c2Cl)c(C)o1. The Kier molecular flexibility index (Phi) is 3.66. The van der Waals surface area contributed by atoms with Gasteiger partial charge in [-0.1, -0.05) is 11.6 Å². The molecule has 1 N–H and O–H groups in total. The van der Waals surface area contributed by atoms with Crippen molar-refractivity contribution in [1.82, 2.24) is 9.78 Å². The number of hydrogen-bond donors (Lipinski definition) is 1. The first-order valence-corrected chi connectivity index (χ1v) is 6.33. The van der Waals surface area contributed by atoms with E-state index in [-0.39, 0.29) is 16.6 Å². The molecule has 0 amide bonds. The molecule has 0 saturated carbocycles. The number of rotatable bonds is 3. The third-order valence-electron chi connectivity index (χ3n) is 3.00. The topological polar surface area (TPSA) is 60.1 Å². The van der Waals surface area contributed by atoms with Crippen LogP contribution in [0.1, 0.15) is 30.0 Å². The lowest BCUT2D eigenvalue weighted by Gasteiger charge is -2.15. The fourth-order valence-corrected chi connectivity index (χ4v) is 2.23. The number of halogens is 1. The van der Waals surface area contributed by atoms with E-state index < -0.39 is 0 Å². The van der Waals surface area contributed by atoms with Crippen LogP contribution in [0.25, 0.3) is 0 Å². The number of hydrogen-bond acceptors (Lipinski definition) is 4. The number of aryl methyl sites for hydroxylation is 3. The molecular weight excluding hydrogens is 266 g/mol. The van der Waals surface area contributed by atoms with E-state index >= 15 is 0 Å². The molecule has 5 nitrogen and oxygen atoms in total. The lowest BCUT2D eigenvalue weighted by atomic mass is 10.1. The van der Waals surface area contributed by atoms with Crippen LogP contribution in [-0.2, 0) is 7.05 Å². The average molecular weight is 282 g/mol. The first kappa shape index (κ1) is 13.7. The number of nitrogens with zero attached hydrogens (tertiary/aromatic N) is 2. The van der Waals surface area contributed by atoms with Crippen LogP contribution >= 0.6 is 11.6 Å². The van der Waals surface area contributed by atoms with Crippen molar-refractivity contribution in [3.63, 3.8) is 0 Å². The summed E-state index contributed by atoms with van der Waals surface area (Å²) in [5.74, 6) is 1.71. The largest absolute Gasteiger partial charge is 0.466 e. The normalized spacial score (nSPS) is 12.5. The van der Waals surface area contributed by atoms with Crippen LogP contribution in [0, 0.1) is 13.8 Å². The van der Waals surface area contributed by atoms with Crippen LogP contribution in [0.4, 0.5) is 5.69 Å². The van der Waals surface area contributed by atoms with Gasteiger partial charge in [-0.3, -0.25) is 4.79 Å². The summed E-state index contributed by atoms with van der Waals surface area (Å²) in [5, 5.41) is 7.27. The van der Waals surface area contributed by atoms with E-state index in [4.69, 9.17) is 16.0 Å². The Morgan fingerprint density at radius 2 is 2.16 bits per heavy atom. The molecule has 2 aromatic rings. The molecule has 102 valence electrons. The van der Waals surface area contributed by atoms with Crippen molar-refractivity contribution in [3.05, 3.63) is 44.7 Å². The van der Waals surface area contributed by atoms with Crippen molar-refractivity contribution in [2.45, 2.75) is 26.8 Å². The Labute approximate surface area is 116 Å². The average Bonchev–Trinajstić information content (AvgIpc) is 2.69. The Bertz CT molecular complexity index is 660. The monoisotopic (exact) mass is 281 g/mol. The highest BCUT2D eigenvalue weighted by atomic mass is 35.5. The van der Waals surface area contributed by atoms with Crippen LogP contribution in [-0.4, -0.2) is 9.78 Å². The third kappa shape index (κ3) is 2.66. The first-order chi connectivity index (χ1) is 8.90. The van der Waals surface area contributed by atoms with Gasteiger partial charge in [0.2, 0.25) is 0 Å². The second-order valence-electron chi connectivity index (χ2n) is 4.54. The van der Waals surface area contributed by atoms with Crippen molar-refractivity contribution in [2.75, 3.05) is 5.32 Å². The fourth-order valence-electron chi connectivity index (χ4n) is 2.00. The van der Waals surface area contributed by atoms with E-state index in [2.05, 4.69) is 10.4 Å². The second kappa shape index (κ2) is 5.09. The van der Waals surface area contributed by atoms with Gasteiger partial charge in [0.15, 0.2) is 0 Å². The summed E-state index contributed by atoms with van der Waals surface area (Å²) in [6.07, 6.45) is 1.54. The van der Waals surface area contributed by atoms with E-state index in [0.29, 0.717) is 5.69 Å². The van der Waals surface area contributed by atoms with E-state index in [0.717, 1.165) is 17.1 Å². The maximum Gasteiger partial charge on any atom is 0.287 e. The number of anilines is 1. The molecular formula is C13H16ClN3O2. The highest BCUT2D eigenvalue weighted by Crippen LogP contribution is 2.26. The lowest BCUT2D eigenvalue weighted by molar-refractivity contribution is 0.500. The Morgan fingerprint density at radius 3 is 2.74 bits per heavy atom. The quantitative estimate of drug-likeness (QED) is 0.940. The minimum absolute atomic E-state index is 0.0242. The highest BCUT2D eigenvalue weighted by Gasteiger charge is 2.15. The molecule has 2 heterocycles. The van der Waals surface area contributed by atoms with Gasteiger partial charge in [0.05, 0.1) is 17.9 Å². The molecule has 1 atom stereocenters. The molecule has 2 rings (SSSR count). The minimum atomic E-state index is -0.320. The smallest absolute Gasteiger partial charge is 0.287 e. The predicted octanol–water partition coefficient (Wildman–Crippen LogP) is 2.82. The molecule has 0 saturated heterocycles. The molecule has 0 aliphatic carbocycles. The van der Waals surface area contributed by atoms with Gasteiger partial charge in [0, 0.05) is 12.6 Å². The number of nitrogens with one attached hydrogen (secondary N) is 1. The summed E-state index contributed by atoms with van der Waals surface area (Å²) < 4.78 is 6.69. The van der Waals surface area contributed by atoms with E-state index in [1.165, 1.54) is 4.68 Å². The van der Waals surface area contributed by atoms with Gasteiger partial charge in [0.25, 0.3) is 5.56 Å². The van der Waals surface area contributed by atoms with Crippen molar-refractivity contribution < 1.29 is 4.42 Å². The molecule has 0 fully saturated rings. The summed E-state index contributed by atoms with van der Waals surface area (Å²) in [6, 6.07) is 1.94. The zero-order valence-corrected chi connectivity index (χ0v) is 12.1. The molecule has 0 aliphatic heterocycles. The van der Waals surface area contributed by atoms with Gasteiger partial charge in [-0.15, -0.1) is 0 Å². The minimum Gasteiger partial charge on any atom is -0.466 e. The molecule has 1 unspecified atom stereocenters. The fraction of sp³-hybridized carbons (Fsp3) is 0.385. The van der Waals surface area contributed by atoms with Crippen molar-refractivity contribution in [2.24, 2.45) is 7.05 Å². The van der Waals surface area contributed by atoms with Crippen LogP contribution < -0.4 is 10.9 Å². The molecule has 19 heavy (non-hydrogen) atoms. The third-order valence-corrected chi connectivity index (χ3v) is 3.36. The zero-order valence-electron chi connectivity index (χ0n) is 11.3. The van der Waals surface area contributed by atoms with Crippen LogP contribution in [0.15, 0.2) is 21.5 Å². The van der Waals surface area contributed by atoms with Crippen LogP contribution in [0.2, 0.25) is 5.02 Å². The standard InChI is InChI=1S/C13H16ClN3O2/c1-7-5-10(9(3)19-7)8(2)16-11-6-15-17(4)13(18)12(11)14/h5-6,8,16H,1-4H3. The van der Waals surface area contributed by atoms with Crippen LogP contribution in [0.3, 0.4) is 0 Å². The van der Waals surface area contributed by atoms with Gasteiger partial charge in [-0.2, -0.15) is 5.10 Å². The van der Waals surface area contributed by atoms with Crippen LogP contribution in [0.5, 0.6) is 0 Å². The molecule has 0 aliphatic rings. The molecule has 0 radical (unpaired) electrons. The van der Waals surface area contributed by atoms with Crippen molar-refractivity contribution in [1.29, 1.82) is 0 Å². The molecule has 0 bridgehead atoms. The number of furan rings is 1. The summed E-state index contributed by atoms with van der Waals surface area (Å²) in [4.78, 5) is 11.7. The molecule has 6 heteroatoms. The van der Waals surface area contributed by atoms with Gasteiger partial charge >= 0.3 is 0 Å². The Hall–Kier alpha value is -1.75. The first-order valence-electron chi connectivity index (χ1n) is 5.95. The van der Waals surface area contributed by atoms with Gasteiger partial charge < -0.3 is 9.73 Å². The zero-order chi connectivity index (χ0) is 14.2. The summed E-state index contributed by atoms with van der Waals surface area (Å²) in [7, 11) is 1.56. The predicted molar refractivity (Wildman–Crippen MR) is 74.7 cm³/mol. The molecule has 2 aromatic heterocycles. The van der Waals surface area contributed by atoms with E-state index in [1.807, 2.05) is 26.8 Å². The van der Waals surface area contributed by atoms with E-state index in [1.54, 1.807) is 13.2 Å². The maximum absolute atomic E-state index is 11.7. The van der Waals surface area contributed by atoms with Gasteiger partial charge in [0.1, 0.15) is 16.5 Å². The maximum atomic E-state index is 11.7. The van der Waals surface area contributed by atoms with Gasteiger partial charge in [-0.05, 0) is 26.8 Å². The van der Waals surface area contributed by atoms with Crippen molar-refractivity contribution >= 4 is 17.3 Å². The summed E-state index contributed by atoms with van der Waals surface area (Å²) in [6.45, 7) is 5.78. The summed E-state index contributed by atoms with van der Waals surface area (Å²) >= 11 is 6.02. The van der Waals surface area contributed by atoms with Crippen molar-refractivity contribution in [3.8, 4) is 0 Å².